The zero-order chi connectivity index (χ0) is 11.7. The normalized spacial score (nSPS) is 24.4. The van der Waals surface area contributed by atoms with Crippen LogP contribution in [0, 0.1) is 0 Å². The number of carbonyl (C=O) groups excluding carboxylic acids is 1. The summed E-state index contributed by atoms with van der Waals surface area (Å²) < 4.78 is 12.5. The first kappa shape index (κ1) is 11.1. The number of aldehydes is 1. The molecule has 2 N–H and O–H groups in total. The molecule has 0 radical (unpaired) electrons. The molecule has 0 aromatic heterocycles. The van der Waals surface area contributed by atoms with Gasteiger partial charge in [-0.2, -0.15) is 0 Å². The van der Waals surface area contributed by atoms with E-state index in [0.29, 0.717) is 5.69 Å². The maximum absolute atomic E-state index is 12.5. The molecule has 0 fully saturated rings. The number of benzene rings is 1. The standard InChI is InChI=1S/C12H15FN2O/c1-8-9-3-2-4-10(14)12(9)11(7-16)15(8)6-5-13/h2-4,7-8,11H,5-6,14H2,1H3. The number of carbonyl (C=O) groups is 1. The zero-order valence-corrected chi connectivity index (χ0v) is 9.19. The van der Waals surface area contributed by atoms with E-state index in [4.69, 9.17) is 5.73 Å². The van der Waals surface area contributed by atoms with Crippen molar-refractivity contribution < 1.29 is 9.18 Å². The summed E-state index contributed by atoms with van der Waals surface area (Å²) in [5.41, 5.74) is 8.37. The predicted octanol–water partition coefficient (Wildman–Crippen LogP) is 1.85. The molecule has 0 saturated carbocycles. The number of nitrogen functional groups attached to an aromatic ring is 1. The van der Waals surface area contributed by atoms with Gasteiger partial charge in [0.2, 0.25) is 0 Å². The molecule has 1 heterocycles. The van der Waals surface area contributed by atoms with Crippen LogP contribution in [0.15, 0.2) is 18.2 Å². The van der Waals surface area contributed by atoms with E-state index < -0.39 is 12.7 Å². The van der Waals surface area contributed by atoms with E-state index in [9.17, 15) is 9.18 Å². The molecule has 16 heavy (non-hydrogen) atoms. The number of alkyl halides is 1. The lowest BCUT2D eigenvalue weighted by molar-refractivity contribution is -0.112. The van der Waals surface area contributed by atoms with Crippen molar-refractivity contribution in [3.05, 3.63) is 29.3 Å². The topological polar surface area (TPSA) is 46.3 Å². The van der Waals surface area contributed by atoms with Gasteiger partial charge in [-0.05, 0) is 18.6 Å². The fraction of sp³-hybridized carbons (Fsp3) is 0.417. The smallest absolute Gasteiger partial charge is 0.141 e. The fourth-order valence-electron chi connectivity index (χ4n) is 2.47. The molecule has 86 valence electrons. The molecule has 3 nitrogen and oxygen atoms in total. The second kappa shape index (κ2) is 4.22. The van der Waals surface area contributed by atoms with E-state index in [1.807, 2.05) is 24.0 Å². The van der Waals surface area contributed by atoms with Crippen LogP contribution < -0.4 is 5.73 Å². The van der Waals surface area contributed by atoms with Crippen molar-refractivity contribution in [2.24, 2.45) is 0 Å². The molecule has 0 saturated heterocycles. The summed E-state index contributed by atoms with van der Waals surface area (Å²) in [6.07, 6.45) is 0.842. The lowest BCUT2D eigenvalue weighted by atomic mass is 10.0. The molecule has 2 rings (SSSR count). The summed E-state index contributed by atoms with van der Waals surface area (Å²) in [5.74, 6) is 0. The first-order chi connectivity index (χ1) is 7.70. The Hall–Kier alpha value is -1.42. The summed E-state index contributed by atoms with van der Waals surface area (Å²) in [7, 11) is 0. The third kappa shape index (κ3) is 1.50. The molecule has 0 spiro atoms. The zero-order valence-electron chi connectivity index (χ0n) is 9.19. The van der Waals surface area contributed by atoms with Crippen molar-refractivity contribution >= 4 is 12.0 Å². The molecule has 2 unspecified atom stereocenters. The van der Waals surface area contributed by atoms with Crippen LogP contribution in [0.4, 0.5) is 10.1 Å². The summed E-state index contributed by atoms with van der Waals surface area (Å²) in [6, 6.07) is 5.24. The van der Waals surface area contributed by atoms with Gasteiger partial charge < -0.3 is 10.5 Å². The number of anilines is 1. The molecule has 0 aliphatic carbocycles. The lowest BCUT2D eigenvalue weighted by Gasteiger charge is -2.23. The Labute approximate surface area is 94.0 Å². The molecule has 1 aromatic rings. The van der Waals surface area contributed by atoms with Crippen molar-refractivity contribution in [3.63, 3.8) is 0 Å². The monoisotopic (exact) mass is 222 g/mol. The van der Waals surface area contributed by atoms with E-state index >= 15 is 0 Å². The van der Waals surface area contributed by atoms with E-state index in [-0.39, 0.29) is 12.6 Å². The summed E-state index contributed by atoms with van der Waals surface area (Å²) >= 11 is 0. The minimum atomic E-state index is -0.456. The van der Waals surface area contributed by atoms with Crippen LogP contribution in [-0.4, -0.2) is 24.4 Å². The molecule has 0 amide bonds. The van der Waals surface area contributed by atoms with Crippen LogP contribution >= 0.6 is 0 Å². The average Bonchev–Trinajstić information content (AvgIpc) is 2.55. The highest BCUT2D eigenvalue weighted by atomic mass is 19.1. The van der Waals surface area contributed by atoms with Crippen LogP contribution in [0.2, 0.25) is 0 Å². The Morgan fingerprint density at radius 3 is 2.94 bits per heavy atom. The highest BCUT2D eigenvalue weighted by Crippen LogP contribution is 2.43. The Kier molecular flexibility index (Phi) is 2.92. The van der Waals surface area contributed by atoms with E-state index in [1.54, 1.807) is 6.07 Å². The molecule has 4 heteroatoms. The van der Waals surface area contributed by atoms with Gasteiger partial charge in [-0.15, -0.1) is 0 Å². The molecular formula is C12H15FN2O. The van der Waals surface area contributed by atoms with E-state index in [2.05, 4.69) is 0 Å². The fourth-order valence-corrected chi connectivity index (χ4v) is 2.47. The summed E-state index contributed by atoms with van der Waals surface area (Å²) in [6.45, 7) is 1.78. The first-order valence-corrected chi connectivity index (χ1v) is 5.36. The number of fused-ring (bicyclic) bond motifs is 1. The summed E-state index contributed by atoms with van der Waals surface area (Å²) in [5, 5.41) is 0. The van der Waals surface area contributed by atoms with Crippen molar-refractivity contribution in [2.75, 3.05) is 19.0 Å². The predicted molar refractivity (Wildman–Crippen MR) is 60.8 cm³/mol. The highest BCUT2D eigenvalue weighted by Gasteiger charge is 2.36. The van der Waals surface area contributed by atoms with Crippen LogP contribution in [0.3, 0.4) is 0 Å². The van der Waals surface area contributed by atoms with Crippen LogP contribution in [0.5, 0.6) is 0 Å². The molecule has 0 bridgehead atoms. The minimum Gasteiger partial charge on any atom is -0.398 e. The average molecular weight is 222 g/mol. The van der Waals surface area contributed by atoms with Gasteiger partial charge in [0.25, 0.3) is 0 Å². The largest absolute Gasteiger partial charge is 0.398 e. The molecule has 1 aromatic carbocycles. The van der Waals surface area contributed by atoms with Gasteiger partial charge in [0.15, 0.2) is 0 Å². The highest BCUT2D eigenvalue weighted by molar-refractivity contribution is 5.71. The van der Waals surface area contributed by atoms with Gasteiger partial charge in [-0.1, -0.05) is 12.1 Å². The van der Waals surface area contributed by atoms with Gasteiger partial charge in [-0.25, -0.2) is 4.39 Å². The number of rotatable bonds is 3. The number of nitrogens with zero attached hydrogens (tertiary/aromatic N) is 1. The van der Waals surface area contributed by atoms with E-state index in [0.717, 1.165) is 17.4 Å². The third-order valence-electron chi connectivity index (χ3n) is 3.25. The Morgan fingerprint density at radius 2 is 2.31 bits per heavy atom. The molecular weight excluding hydrogens is 207 g/mol. The molecule has 1 aliphatic rings. The maximum atomic E-state index is 12.5. The summed E-state index contributed by atoms with van der Waals surface area (Å²) in [4.78, 5) is 13.0. The lowest BCUT2D eigenvalue weighted by Crippen LogP contribution is -2.28. The second-order valence-electron chi connectivity index (χ2n) is 4.03. The minimum absolute atomic E-state index is 0.0458. The van der Waals surface area contributed by atoms with Crippen molar-refractivity contribution in [1.29, 1.82) is 0 Å². The molecule has 2 atom stereocenters. The first-order valence-electron chi connectivity index (χ1n) is 5.36. The Bertz CT molecular complexity index is 408. The van der Waals surface area contributed by atoms with Crippen molar-refractivity contribution in [2.45, 2.75) is 19.0 Å². The van der Waals surface area contributed by atoms with Crippen LogP contribution in [0.1, 0.15) is 30.1 Å². The van der Waals surface area contributed by atoms with E-state index in [1.165, 1.54) is 0 Å². The number of hydrogen-bond acceptors (Lipinski definition) is 3. The van der Waals surface area contributed by atoms with Crippen LogP contribution in [0.25, 0.3) is 0 Å². The Balaban J connectivity index is 2.47. The van der Waals surface area contributed by atoms with Crippen LogP contribution in [-0.2, 0) is 4.79 Å². The number of halogens is 1. The number of nitrogens with two attached hydrogens (primary N) is 1. The molecule has 1 aliphatic heterocycles. The van der Waals surface area contributed by atoms with Gasteiger partial charge in [0.05, 0.1) is 6.04 Å². The van der Waals surface area contributed by atoms with Crippen molar-refractivity contribution in [1.82, 2.24) is 4.90 Å². The SMILES string of the molecule is CC1c2cccc(N)c2C(C=O)N1CCF. The van der Waals surface area contributed by atoms with Gasteiger partial charge >= 0.3 is 0 Å². The maximum Gasteiger partial charge on any atom is 0.141 e. The van der Waals surface area contributed by atoms with Gasteiger partial charge in [0.1, 0.15) is 13.0 Å². The Morgan fingerprint density at radius 1 is 1.56 bits per heavy atom. The number of hydrogen-bond donors (Lipinski definition) is 1. The third-order valence-corrected chi connectivity index (χ3v) is 3.25. The van der Waals surface area contributed by atoms with Gasteiger partial charge in [-0.3, -0.25) is 4.90 Å². The quantitative estimate of drug-likeness (QED) is 0.627. The second-order valence-corrected chi connectivity index (χ2v) is 4.03. The van der Waals surface area contributed by atoms with Crippen molar-refractivity contribution in [3.8, 4) is 0 Å². The van der Waals surface area contributed by atoms with Gasteiger partial charge in [0, 0.05) is 23.8 Å².